The van der Waals surface area contributed by atoms with E-state index in [0.717, 1.165) is 20.6 Å². The molecule has 1 aliphatic carbocycles. The first-order valence-electron chi connectivity index (χ1n) is 7.81. The van der Waals surface area contributed by atoms with Crippen molar-refractivity contribution in [3.8, 4) is 21.7 Å². The molecule has 0 radical (unpaired) electrons. The van der Waals surface area contributed by atoms with Crippen LogP contribution in [-0.4, -0.2) is 10.9 Å². The molecular formula is C20H11BrN2OS. The lowest BCUT2D eigenvalue weighted by Crippen LogP contribution is -2.11. The predicted molar refractivity (Wildman–Crippen MR) is 106 cm³/mol. The van der Waals surface area contributed by atoms with E-state index in [1.165, 1.54) is 27.7 Å². The van der Waals surface area contributed by atoms with Crippen LogP contribution in [0, 0.1) is 0 Å². The Balaban J connectivity index is 1.54. The van der Waals surface area contributed by atoms with Gasteiger partial charge < -0.3 is 0 Å². The van der Waals surface area contributed by atoms with E-state index < -0.39 is 0 Å². The molecule has 0 atom stereocenters. The van der Waals surface area contributed by atoms with Crippen molar-refractivity contribution < 1.29 is 4.79 Å². The Hall–Kier alpha value is -2.50. The van der Waals surface area contributed by atoms with Gasteiger partial charge in [-0.2, -0.15) is 0 Å². The lowest BCUT2D eigenvalue weighted by Gasteiger charge is -2.04. The average Bonchev–Trinajstić information content (AvgIpc) is 3.15. The molecule has 0 spiro atoms. The fraction of sp³-hybridized carbons (Fsp3) is 0. The van der Waals surface area contributed by atoms with Crippen LogP contribution < -0.4 is 5.32 Å². The zero-order valence-corrected chi connectivity index (χ0v) is 15.3. The number of halogens is 1. The van der Waals surface area contributed by atoms with Gasteiger partial charge >= 0.3 is 0 Å². The van der Waals surface area contributed by atoms with Gasteiger partial charge in [-0.05, 0) is 29.0 Å². The van der Waals surface area contributed by atoms with E-state index in [9.17, 15) is 4.79 Å². The molecule has 4 aromatic rings. The zero-order chi connectivity index (χ0) is 17.0. The summed E-state index contributed by atoms with van der Waals surface area (Å²) in [7, 11) is 0. The van der Waals surface area contributed by atoms with Gasteiger partial charge in [0.1, 0.15) is 0 Å². The number of carbonyl (C=O) groups excluding carboxylic acids is 1. The molecule has 0 saturated heterocycles. The maximum atomic E-state index is 12.5. The molecule has 1 aromatic heterocycles. The lowest BCUT2D eigenvalue weighted by atomic mass is 10.0. The zero-order valence-electron chi connectivity index (χ0n) is 12.9. The van der Waals surface area contributed by atoms with Gasteiger partial charge in [-0.15, -0.1) is 0 Å². The molecule has 1 N–H and O–H groups in total. The summed E-state index contributed by atoms with van der Waals surface area (Å²) in [5.41, 5.74) is 3.90. The van der Waals surface area contributed by atoms with E-state index in [0.29, 0.717) is 10.7 Å². The Morgan fingerprint density at radius 3 is 2.56 bits per heavy atom. The Labute approximate surface area is 156 Å². The maximum absolute atomic E-state index is 12.5. The fourth-order valence-corrected chi connectivity index (χ4v) is 4.67. The Kier molecular flexibility index (Phi) is 3.26. The summed E-state index contributed by atoms with van der Waals surface area (Å²) < 4.78 is 0.877. The van der Waals surface area contributed by atoms with Crippen molar-refractivity contribution in [2.75, 3.05) is 5.32 Å². The van der Waals surface area contributed by atoms with Crippen LogP contribution in [-0.2, 0) is 0 Å². The van der Waals surface area contributed by atoms with Crippen molar-refractivity contribution in [2.24, 2.45) is 0 Å². The summed E-state index contributed by atoms with van der Waals surface area (Å²) in [4.78, 5) is 18.3. The molecule has 5 heteroatoms. The molecule has 25 heavy (non-hydrogen) atoms. The third-order valence-corrected chi connectivity index (χ3v) is 5.84. The molecule has 5 rings (SSSR count). The van der Waals surface area contributed by atoms with Crippen LogP contribution in [0.4, 0.5) is 5.13 Å². The first-order chi connectivity index (χ1) is 12.2. The minimum atomic E-state index is -0.153. The summed E-state index contributed by atoms with van der Waals surface area (Å²) in [6.45, 7) is 0. The Bertz CT molecular complexity index is 1110. The first-order valence-corrected chi connectivity index (χ1v) is 9.42. The first kappa shape index (κ1) is 14.8. The monoisotopic (exact) mass is 406 g/mol. The van der Waals surface area contributed by atoms with Gasteiger partial charge in [0.15, 0.2) is 5.13 Å². The SMILES string of the molecule is O=C(Nc1nc2c(s1)-c1cccc3cccc-2c13)c1cccc(Br)c1. The van der Waals surface area contributed by atoms with Gasteiger partial charge in [0.25, 0.3) is 5.91 Å². The molecule has 1 heterocycles. The van der Waals surface area contributed by atoms with Gasteiger partial charge in [-0.25, -0.2) is 4.98 Å². The summed E-state index contributed by atoms with van der Waals surface area (Å²) in [5.74, 6) is -0.153. The van der Waals surface area contributed by atoms with Crippen LogP contribution in [0.15, 0.2) is 65.1 Å². The number of nitrogens with one attached hydrogen (secondary N) is 1. The molecule has 0 unspecified atom stereocenters. The number of anilines is 1. The van der Waals surface area contributed by atoms with Gasteiger partial charge in [-0.3, -0.25) is 10.1 Å². The molecule has 3 nitrogen and oxygen atoms in total. The summed E-state index contributed by atoms with van der Waals surface area (Å²) in [5, 5.41) is 6.03. The number of nitrogens with zero attached hydrogens (tertiary/aromatic N) is 1. The van der Waals surface area contributed by atoms with Crippen LogP contribution >= 0.6 is 27.3 Å². The normalized spacial score (nSPS) is 11.6. The Morgan fingerprint density at radius 1 is 1.00 bits per heavy atom. The highest BCUT2D eigenvalue weighted by atomic mass is 79.9. The van der Waals surface area contributed by atoms with E-state index >= 15 is 0 Å². The molecule has 0 bridgehead atoms. The number of hydrogen-bond acceptors (Lipinski definition) is 3. The van der Waals surface area contributed by atoms with Gasteiger partial charge in [0.05, 0.1) is 10.6 Å². The third kappa shape index (κ3) is 2.31. The maximum Gasteiger partial charge on any atom is 0.257 e. The number of carbonyl (C=O) groups is 1. The quantitative estimate of drug-likeness (QED) is 0.392. The van der Waals surface area contributed by atoms with E-state index in [2.05, 4.69) is 57.6 Å². The minimum absolute atomic E-state index is 0.153. The van der Waals surface area contributed by atoms with E-state index in [4.69, 9.17) is 4.98 Å². The topological polar surface area (TPSA) is 42.0 Å². The van der Waals surface area contributed by atoms with E-state index in [-0.39, 0.29) is 5.91 Å². The molecule has 0 saturated carbocycles. The van der Waals surface area contributed by atoms with Crippen molar-refractivity contribution in [3.05, 3.63) is 70.7 Å². The highest BCUT2D eigenvalue weighted by molar-refractivity contribution is 9.10. The van der Waals surface area contributed by atoms with Crippen LogP contribution in [0.3, 0.4) is 0 Å². The predicted octanol–water partition coefficient (Wildman–Crippen LogP) is 5.96. The number of benzene rings is 3. The standard InChI is InChI=1S/C20H11BrN2OS/c21-13-7-1-6-12(10-13)19(24)23-20-22-17-14-8-2-4-11-5-3-9-15(16(11)14)18(17)25-20/h1-10H,(H,22,23,24). The Morgan fingerprint density at radius 2 is 1.76 bits per heavy atom. The lowest BCUT2D eigenvalue weighted by molar-refractivity contribution is 0.102. The van der Waals surface area contributed by atoms with Gasteiger partial charge in [0.2, 0.25) is 0 Å². The molecular weight excluding hydrogens is 396 g/mol. The highest BCUT2D eigenvalue weighted by Gasteiger charge is 2.26. The molecule has 0 fully saturated rings. The third-order valence-electron chi connectivity index (χ3n) is 4.34. The molecule has 3 aromatic carbocycles. The van der Waals surface area contributed by atoms with Crippen molar-refractivity contribution in [2.45, 2.75) is 0 Å². The van der Waals surface area contributed by atoms with Crippen molar-refractivity contribution in [1.82, 2.24) is 4.98 Å². The summed E-state index contributed by atoms with van der Waals surface area (Å²) >= 11 is 4.92. The highest BCUT2D eigenvalue weighted by Crippen LogP contribution is 2.50. The summed E-state index contributed by atoms with van der Waals surface area (Å²) in [6.07, 6.45) is 0. The number of rotatable bonds is 2. The number of aromatic nitrogens is 1. The van der Waals surface area contributed by atoms with Crippen molar-refractivity contribution in [3.63, 3.8) is 0 Å². The van der Waals surface area contributed by atoms with Crippen LogP contribution in [0.5, 0.6) is 0 Å². The number of amides is 1. The van der Waals surface area contributed by atoms with Crippen LogP contribution in [0.2, 0.25) is 0 Å². The van der Waals surface area contributed by atoms with Crippen LogP contribution in [0.1, 0.15) is 10.4 Å². The van der Waals surface area contributed by atoms with E-state index in [1.807, 2.05) is 12.1 Å². The van der Waals surface area contributed by atoms with Crippen molar-refractivity contribution >= 4 is 49.1 Å². The molecule has 120 valence electrons. The number of hydrogen-bond donors (Lipinski definition) is 1. The van der Waals surface area contributed by atoms with Crippen LogP contribution in [0.25, 0.3) is 32.5 Å². The number of fused-ring (bicyclic) bond motifs is 3. The van der Waals surface area contributed by atoms with Crippen molar-refractivity contribution in [1.29, 1.82) is 0 Å². The smallest absolute Gasteiger partial charge is 0.257 e. The molecule has 0 aliphatic heterocycles. The van der Waals surface area contributed by atoms with Gasteiger partial charge in [0, 0.05) is 21.2 Å². The van der Waals surface area contributed by atoms with Gasteiger partial charge in [-0.1, -0.05) is 69.7 Å². The number of thiazole rings is 1. The largest absolute Gasteiger partial charge is 0.298 e. The fourth-order valence-electron chi connectivity index (χ4n) is 3.27. The minimum Gasteiger partial charge on any atom is -0.298 e. The summed E-state index contributed by atoms with van der Waals surface area (Å²) in [6, 6.07) is 19.9. The average molecular weight is 407 g/mol. The second-order valence-corrected chi connectivity index (χ2v) is 7.79. The second-order valence-electron chi connectivity index (χ2n) is 5.87. The molecule has 1 amide bonds. The van der Waals surface area contributed by atoms with E-state index in [1.54, 1.807) is 12.1 Å². The second kappa shape index (κ2) is 5.51. The molecule has 1 aliphatic rings.